The summed E-state index contributed by atoms with van der Waals surface area (Å²) < 4.78 is 41.6. The molecule has 0 saturated carbocycles. The minimum Gasteiger partial charge on any atom is -0.279 e. The number of halogens is 3. The molecule has 0 amide bonds. The molecule has 2 heterocycles. The van der Waals surface area contributed by atoms with Gasteiger partial charge in [0.15, 0.2) is 0 Å². The average Bonchev–Trinajstić information content (AvgIpc) is 2.85. The van der Waals surface area contributed by atoms with Gasteiger partial charge in [-0.15, -0.1) is 0 Å². The van der Waals surface area contributed by atoms with E-state index in [1.54, 1.807) is 18.2 Å². The van der Waals surface area contributed by atoms with Crippen LogP contribution in [0.2, 0.25) is 0 Å². The molecule has 4 rings (SSSR count). The van der Waals surface area contributed by atoms with Gasteiger partial charge in [0.05, 0.1) is 23.0 Å². The number of hydrogen-bond acceptors (Lipinski definition) is 1. The molecular weight excluding hydrogens is 339 g/mol. The van der Waals surface area contributed by atoms with Crippen molar-refractivity contribution in [2.75, 3.05) is 0 Å². The number of nitrogens with zero attached hydrogens (tertiary/aromatic N) is 1. The summed E-state index contributed by atoms with van der Waals surface area (Å²) in [6.45, 7) is 5.15. The topological polar surface area (TPSA) is 22.0 Å². The fourth-order valence-corrected chi connectivity index (χ4v) is 4.19. The van der Waals surface area contributed by atoms with E-state index in [2.05, 4.69) is 0 Å². The highest BCUT2D eigenvalue weighted by atomic mass is 19.4. The van der Waals surface area contributed by atoms with Gasteiger partial charge in [-0.3, -0.25) is 9.36 Å². The van der Waals surface area contributed by atoms with E-state index in [4.69, 9.17) is 0 Å². The lowest BCUT2D eigenvalue weighted by Crippen LogP contribution is -2.43. The van der Waals surface area contributed by atoms with Crippen molar-refractivity contribution >= 4 is 16.8 Å². The number of carbonyl (C=O) groups is 1. The first-order chi connectivity index (χ1) is 12.1. The van der Waals surface area contributed by atoms with E-state index in [1.165, 1.54) is 11.5 Å². The van der Waals surface area contributed by atoms with Gasteiger partial charge >= 0.3 is 6.18 Å². The molecule has 134 valence electrons. The van der Waals surface area contributed by atoms with Gasteiger partial charge in [0.2, 0.25) is 5.91 Å². The van der Waals surface area contributed by atoms with Crippen molar-refractivity contribution in [3.8, 4) is 11.3 Å². The molecule has 0 radical (unpaired) electrons. The van der Waals surface area contributed by atoms with E-state index in [9.17, 15) is 18.0 Å². The lowest BCUT2D eigenvalue weighted by Gasteiger charge is -2.36. The van der Waals surface area contributed by atoms with E-state index in [0.29, 0.717) is 22.3 Å². The third-order valence-corrected chi connectivity index (χ3v) is 5.38. The summed E-state index contributed by atoms with van der Waals surface area (Å²) in [5.41, 5.74) is 2.62. The molecule has 0 unspecified atom stereocenters. The lowest BCUT2D eigenvalue weighted by atomic mass is 9.72. The van der Waals surface area contributed by atoms with Crippen molar-refractivity contribution in [3.63, 3.8) is 0 Å². The van der Waals surface area contributed by atoms with Crippen molar-refractivity contribution < 1.29 is 18.0 Å². The second kappa shape index (κ2) is 5.22. The van der Waals surface area contributed by atoms with Crippen LogP contribution in [0.5, 0.6) is 0 Å². The van der Waals surface area contributed by atoms with Crippen LogP contribution in [0.3, 0.4) is 0 Å². The van der Waals surface area contributed by atoms with Gasteiger partial charge in [-0.2, -0.15) is 13.2 Å². The van der Waals surface area contributed by atoms with Crippen molar-refractivity contribution in [3.05, 3.63) is 59.2 Å². The summed E-state index contributed by atoms with van der Waals surface area (Å²) in [6, 6.07) is 12.8. The fraction of sp³-hybridized carbons (Fsp3) is 0.286. The summed E-state index contributed by atoms with van der Waals surface area (Å²) in [5, 5.41) is 0.888. The van der Waals surface area contributed by atoms with Gasteiger partial charge in [-0.25, -0.2) is 0 Å². The number of benzene rings is 2. The normalized spacial score (nSPS) is 19.5. The molecule has 0 N–H and O–H groups in total. The molecule has 1 aliphatic rings. The molecule has 0 spiro atoms. The maximum Gasteiger partial charge on any atom is 0.390 e. The minimum absolute atomic E-state index is 0.457. The number of fused-ring (bicyclic) bond motifs is 5. The molecule has 3 aromatic rings. The number of hydrogen-bond donors (Lipinski definition) is 0. The Morgan fingerprint density at radius 1 is 1.08 bits per heavy atom. The summed E-state index contributed by atoms with van der Waals surface area (Å²) in [4.78, 5) is 13.4. The molecule has 2 aromatic carbocycles. The monoisotopic (exact) mass is 357 g/mol. The molecule has 0 fully saturated rings. The van der Waals surface area contributed by atoms with E-state index >= 15 is 0 Å². The fourth-order valence-electron chi connectivity index (χ4n) is 4.19. The van der Waals surface area contributed by atoms with Crippen LogP contribution in [0.1, 0.15) is 34.8 Å². The maximum absolute atomic E-state index is 13.4. The minimum atomic E-state index is -4.44. The largest absolute Gasteiger partial charge is 0.390 e. The van der Waals surface area contributed by atoms with Gasteiger partial charge in [-0.1, -0.05) is 42.0 Å². The number of aryl methyl sites for hydroxylation is 2. The average molecular weight is 357 g/mol. The zero-order valence-electron chi connectivity index (χ0n) is 14.7. The van der Waals surface area contributed by atoms with Crippen LogP contribution in [0.15, 0.2) is 42.5 Å². The second-order valence-corrected chi connectivity index (χ2v) is 7.30. The van der Waals surface area contributed by atoms with E-state index < -0.39 is 23.9 Å². The Bertz CT molecular complexity index is 1060. The molecule has 5 heteroatoms. The summed E-state index contributed by atoms with van der Waals surface area (Å²) in [5.74, 6) is -0.521. The standard InChI is InChI=1S/C21H18F3NO/c1-12-8-9-15-16(10-12)20(3,11-21(22,23)24)19(26)25-17-7-5-4-6-14(17)13(2)18(15)25/h4-10H,11H2,1-3H3/t20-/m0/s1. The van der Waals surface area contributed by atoms with E-state index in [-0.39, 0.29) is 0 Å². The molecule has 0 bridgehead atoms. The van der Waals surface area contributed by atoms with Crippen molar-refractivity contribution in [2.24, 2.45) is 0 Å². The molecule has 0 aliphatic carbocycles. The molecule has 1 aromatic heterocycles. The SMILES string of the molecule is Cc1ccc2c(c1)[C@](C)(CC(F)(F)F)C(=O)n1c-2c(C)c2ccccc21. The van der Waals surface area contributed by atoms with Gasteiger partial charge in [0.25, 0.3) is 0 Å². The third kappa shape index (κ3) is 2.23. The van der Waals surface area contributed by atoms with E-state index in [0.717, 1.165) is 16.5 Å². The van der Waals surface area contributed by atoms with Crippen LogP contribution in [-0.2, 0) is 5.41 Å². The van der Waals surface area contributed by atoms with Crippen molar-refractivity contribution in [1.29, 1.82) is 0 Å². The predicted octanol–water partition coefficient (Wildman–Crippen LogP) is 5.79. The van der Waals surface area contributed by atoms with Crippen LogP contribution in [0, 0.1) is 13.8 Å². The van der Waals surface area contributed by atoms with Crippen molar-refractivity contribution in [1.82, 2.24) is 4.57 Å². The highest BCUT2D eigenvalue weighted by molar-refractivity contribution is 6.08. The van der Waals surface area contributed by atoms with Crippen LogP contribution in [0.25, 0.3) is 22.2 Å². The number of aromatic nitrogens is 1. The zero-order valence-corrected chi connectivity index (χ0v) is 14.7. The van der Waals surface area contributed by atoms with Crippen LogP contribution < -0.4 is 0 Å². The lowest BCUT2D eigenvalue weighted by molar-refractivity contribution is -0.144. The smallest absolute Gasteiger partial charge is 0.279 e. The Kier molecular flexibility index (Phi) is 3.39. The molecule has 0 saturated heterocycles. The predicted molar refractivity (Wildman–Crippen MR) is 95.5 cm³/mol. The highest BCUT2D eigenvalue weighted by Gasteiger charge is 2.50. The Morgan fingerprint density at radius 3 is 2.46 bits per heavy atom. The van der Waals surface area contributed by atoms with Gasteiger partial charge < -0.3 is 0 Å². The number of rotatable bonds is 1. The summed E-state index contributed by atoms with van der Waals surface area (Å²) in [7, 11) is 0. The van der Waals surface area contributed by atoms with Crippen LogP contribution in [-0.4, -0.2) is 16.7 Å². The van der Waals surface area contributed by atoms with Gasteiger partial charge in [-0.05, 0) is 38.0 Å². The van der Waals surface area contributed by atoms with Crippen molar-refractivity contribution in [2.45, 2.75) is 38.8 Å². The summed E-state index contributed by atoms with van der Waals surface area (Å²) in [6.07, 6.45) is -5.62. The molecule has 26 heavy (non-hydrogen) atoms. The third-order valence-electron chi connectivity index (χ3n) is 5.38. The molecule has 2 nitrogen and oxygen atoms in total. The summed E-state index contributed by atoms with van der Waals surface area (Å²) >= 11 is 0. The van der Waals surface area contributed by atoms with Crippen LogP contribution >= 0.6 is 0 Å². The van der Waals surface area contributed by atoms with Gasteiger partial charge in [0, 0.05) is 10.9 Å². The molecule has 1 aliphatic heterocycles. The number of alkyl halides is 3. The molecular formula is C21H18F3NO. The number of carbonyl (C=O) groups excluding carboxylic acids is 1. The van der Waals surface area contributed by atoms with Gasteiger partial charge in [0.1, 0.15) is 0 Å². The first-order valence-electron chi connectivity index (χ1n) is 8.46. The quantitative estimate of drug-likeness (QED) is 0.540. The van der Waals surface area contributed by atoms with Crippen LogP contribution in [0.4, 0.5) is 13.2 Å². The first kappa shape index (κ1) is 16.9. The maximum atomic E-state index is 13.4. The zero-order chi connectivity index (χ0) is 18.9. The Balaban J connectivity index is 2.13. The first-order valence-corrected chi connectivity index (χ1v) is 8.46. The Labute approximate surface area is 149 Å². The molecule has 1 atom stereocenters. The Morgan fingerprint density at radius 2 is 1.77 bits per heavy atom. The second-order valence-electron chi connectivity index (χ2n) is 7.30. The number of para-hydroxylation sites is 1. The Hall–Kier alpha value is -2.56. The van der Waals surface area contributed by atoms with E-state index in [1.807, 2.05) is 38.1 Å². The highest BCUT2D eigenvalue weighted by Crippen LogP contribution is 2.49.